The maximum absolute atomic E-state index is 13.1. The highest BCUT2D eigenvalue weighted by atomic mass is 16.2. The molecule has 1 aromatic heterocycles. The van der Waals surface area contributed by atoms with Crippen molar-refractivity contribution in [2.24, 2.45) is 5.92 Å². The molecule has 8 heteroatoms. The second-order valence-corrected chi connectivity index (χ2v) is 13.2. The summed E-state index contributed by atoms with van der Waals surface area (Å²) in [6.45, 7) is 8.87. The summed E-state index contributed by atoms with van der Waals surface area (Å²) in [6, 6.07) is 18.6. The van der Waals surface area contributed by atoms with E-state index in [-0.39, 0.29) is 17.4 Å². The monoisotopic (exact) mass is 556 g/mol. The fourth-order valence-corrected chi connectivity index (χ4v) is 6.32. The topological polar surface area (TPSA) is 82.5 Å². The van der Waals surface area contributed by atoms with E-state index in [1.165, 1.54) is 11.1 Å². The molecule has 0 radical (unpaired) electrons. The lowest BCUT2D eigenvalue weighted by atomic mass is 9.85. The maximum Gasteiger partial charge on any atom is 0.324 e. The Balaban J connectivity index is 1.24. The van der Waals surface area contributed by atoms with Crippen LogP contribution in [0.2, 0.25) is 0 Å². The van der Waals surface area contributed by atoms with E-state index in [1.54, 1.807) is 4.68 Å². The van der Waals surface area contributed by atoms with Crippen LogP contribution in [0.3, 0.4) is 0 Å². The van der Waals surface area contributed by atoms with E-state index in [0.717, 1.165) is 49.2 Å². The van der Waals surface area contributed by atoms with Crippen molar-refractivity contribution in [1.29, 1.82) is 0 Å². The lowest BCUT2D eigenvalue weighted by Gasteiger charge is -2.39. The molecule has 2 saturated heterocycles. The molecule has 2 aliphatic heterocycles. The Morgan fingerprint density at radius 1 is 0.976 bits per heavy atom. The molecule has 3 heterocycles. The van der Waals surface area contributed by atoms with E-state index in [2.05, 4.69) is 55.4 Å². The van der Waals surface area contributed by atoms with Crippen LogP contribution < -0.4 is 10.6 Å². The predicted octanol–water partition coefficient (Wildman–Crippen LogP) is 6.00. The highest BCUT2D eigenvalue weighted by Gasteiger charge is 2.42. The lowest BCUT2D eigenvalue weighted by molar-refractivity contribution is -0.137. The van der Waals surface area contributed by atoms with Crippen LogP contribution in [0.4, 0.5) is 16.3 Å². The molecule has 0 spiro atoms. The van der Waals surface area contributed by atoms with E-state index < -0.39 is 0 Å². The zero-order valence-corrected chi connectivity index (χ0v) is 25.3. The van der Waals surface area contributed by atoms with Crippen LogP contribution in [0.25, 0.3) is 5.69 Å². The highest BCUT2D eigenvalue weighted by Crippen LogP contribution is 2.40. The van der Waals surface area contributed by atoms with Crippen molar-refractivity contribution in [3.63, 3.8) is 0 Å². The first-order valence-corrected chi connectivity index (χ1v) is 14.8. The Morgan fingerprint density at radius 2 is 1.66 bits per heavy atom. The van der Waals surface area contributed by atoms with Gasteiger partial charge >= 0.3 is 6.03 Å². The number of nitrogens with zero attached hydrogens (tertiary/aromatic N) is 4. The number of aryl methyl sites for hydroxylation is 1. The minimum atomic E-state index is -0.304. The van der Waals surface area contributed by atoms with Crippen LogP contribution >= 0.6 is 0 Å². The third kappa shape index (κ3) is 6.81. The van der Waals surface area contributed by atoms with E-state index in [4.69, 9.17) is 5.10 Å². The van der Waals surface area contributed by atoms with Gasteiger partial charge in [-0.05, 0) is 88.9 Å². The van der Waals surface area contributed by atoms with Gasteiger partial charge < -0.3 is 15.1 Å². The molecule has 2 N–H and O–H groups in total. The molecule has 3 amide bonds. The molecule has 218 valence electrons. The Kier molecular flexibility index (Phi) is 8.23. The Bertz CT molecular complexity index is 1370. The van der Waals surface area contributed by atoms with Crippen molar-refractivity contribution in [3.05, 3.63) is 71.4 Å². The van der Waals surface area contributed by atoms with Crippen molar-refractivity contribution in [1.82, 2.24) is 19.6 Å². The summed E-state index contributed by atoms with van der Waals surface area (Å²) in [5.41, 5.74) is 4.77. The molecule has 2 bridgehead atoms. The van der Waals surface area contributed by atoms with Crippen LogP contribution in [0.15, 0.2) is 54.6 Å². The molecular formula is C33H44N6O2. The number of amides is 3. The van der Waals surface area contributed by atoms with Gasteiger partial charge in [0.05, 0.1) is 17.9 Å². The van der Waals surface area contributed by atoms with Gasteiger partial charge in [-0.1, -0.05) is 50.6 Å². The fourth-order valence-electron chi connectivity index (χ4n) is 6.32. The first-order chi connectivity index (χ1) is 19.5. The second-order valence-electron chi connectivity index (χ2n) is 13.2. The van der Waals surface area contributed by atoms with Crippen LogP contribution in [0.5, 0.6) is 0 Å². The molecule has 2 aliphatic rings. The molecule has 8 nitrogen and oxygen atoms in total. The number of urea groups is 1. The van der Waals surface area contributed by atoms with Gasteiger partial charge in [0, 0.05) is 29.3 Å². The normalized spacial score (nSPS) is 20.4. The number of rotatable bonds is 7. The van der Waals surface area contributed by atoms with Gasteiger partial charge in [0.15, 0.2) is 0 Å². The van der Waals surface area contributed by atoms with Crippen LogP contribution in [-0.4, -0.2) is 64.2 Å². The van der Waals surface area contributed by atoms with Crippen LogP contribution in [-0.2, 0) is 16.6 Å². The quantitative estimate of drug-likeness (QED) is 0.374. The average molecular weight is 557 g/mol. The number of likely N-dealkylation sites (N-methyl/N-ethyl adjacent to an activating group) is 1. The van der Waals surface area contributed by atoms with Gasteiger partial charge in [-0.3, -0.25) is 10.1 Å². The van der Waals surface area contributed by atoms with Gasteiger partial charge in [-0.2, -0.15) is 5.10 Å². The van der Waals surface area contributed by atoms with E-state index in [9.17, 15) is 9.59 Å². The van der Waals surface area contributed by atoms with E-state index in [1.807, 2.05) is 61.5 Å². The zero-order valence-electron chi connectivity index (χ0n) is 25.3. The number of piperidine rings is 1. The van der Waals surface area contributed by atoms with Crippen molar-refractivity contribution in [2.45, 2.75) is 77.3 Å². The number of anilines is 2. The van der Waals surface area contributed by atoms with Gasteiger partial charge in [0.1, 0.15) is 5.82 Å². The summed E-state index contributed by atoms with van der Waals surface area (Å²) in [7, 11) is 3.91. The Hall–Kier alpha value is -3.65. The van der Waals surface area contributed by atoms with Crippen LogP contribution in [0.1, 0.15) is 63.3 Å². The summed E-state index contributed by atoms with van der Waals surface area (Å²) in [6.07, 6.45) is 5.27. The Labute approximate surface area is 244 Å². The molecule has 2 fully saturated rings. The van der Waals surface area contributed by atoms with Gasteiger partial charge in [-0.25, -0.2) is 9.48 Å². The summed E-state index contributed by atoms with van der Waals surface area (Å²) >= 11 is 0. The summed E-state index contributed by atoms with van der Waals surface area (Å²) in [5.74, 6) is 1.43. The van der Waals surface area contributed by atoms with E-state index >= 15 is 0 Å². The molecule has 0 saturated carbocycles. The molecule has 2 atom stereocenters. The third-order valence-electron chi connectivity index (χ3n) is 8.28. The first kappa shape index (κ1) is 28.9. The van der Waals surface area contributed by atoms with Crippen molar-refractivity contribution in [2.75, 3.05) is 31.3 Å². The van der Waals surface area contributed by atoms with Gasteiger partial charge in [0.25, 0.3) is 0 Å². The number of carbonyl (C=O) groups is 2. The number of carbonyl (C=O) groups excluding carboxylic acids is 2. The molecule has 2 unspecified atom stereocenters. The SMILES string of the molecule is Cc1ccc(-n2nc(C(C)(C)C)cc2NC(=O)Nc2cccc(CC3CC4CCC(C3)N4C(=O)CN(C)C)c2)cc1. The van der Waals surface area contributed by atoms with E-state index in [0.29, 0.717) is 30.4 Å². The maximum atomic E-state index is 13.1. The minimum absolute atomic E-state index is 0.160. The lowest BCUT2D eigenvalue weighted by Crippen LogP contribution is -2.49. The number of aromatic nitrogens is 2. The highest BCUT2D eigenvalue weighted by molar-refractivity contribution is 5.99. The van der Waals surface area contributed by atoms with Gasteiger partial charge in [0.2, 0.25) is 5.91 Å². The molecule has 2 aromatic carbocycles. The fraction of sp³-hybridized carbons (Fsp3) is 0.485. The average Bonchev–Trinajstić information content (AvgIpc) is 3.43. The number of fused-ring (bicyclic) bond motifs is 2. The van der Waals surface area contributed by atoms with Crippen LogP contribution in [0, 0.1) is 12.8 Å². The molecule has 3 aromatic rings. The van der Waals surface area contributed by atoms with Crippen molar-refractivity contribution >= 4 is 23.4 Å². The number of hydrogen-bond donors (Lipinski definition) is 2. The van der Waals surface area contributed by atoms with Crippen molar-refractivity contribution in [3.8, 4) is 5.69 Å². The number of benzene rings is 2. The smallest absolute Gasteiger partial charge is 0.324 e. The standard InChI is InChI=1S/C33H44N6O2/c1-22-10-12-26(13-11-22)39-30(20-29(36-39)33(2,3)4)35-32(41)34-25-9-7-8-23(17-25)16-24-18-27-14-15-28(19-24)38(27)31(40)21-37(5)6/h7-13,17,20,24,27-28H,14-16,18-19,21H2,1-6H3,(H2,34,35,41). The molecule has 41 heavy (non-hydrogen) atoms. The zero-order chi connectivity index (χ0) is 29.3. The number of nitrogens with one attached hydrogen (secondary N) is 2. The molecular weight excluding hydrogens is 512 g/mol. The largest absolute Gasteiger partial charge is 0.336 e. The predicted molar refractivity (Wildman–Crippen MR) is 165 cm³/mol. The number of hydrogen-bond acceptors (Lipinski definition) is 4. The minimum Gasteiger partial charge on any atom is -0.336 e. The molecule has 0 aliphatic carbocycles. The second kappa shape index (κ2) is 11.7. The summed E-state index contributed by atoms with van der Waals surface area (Å²) in [4.78, 5) is 30.1. The van der Waals surface area contributed by atoms with Crippen molar-refractivity contribution < 1.29 is 9.59 Å². The third-order valence-corrected chi connectivity index (χ3v) is 8.28. The first-order valence-electron chi connectivity index (χ1n) is 14.8. The molecule has 5 rings (SSSR count). The summed E-state index contributed by atoms with van der Waals surface area (Å²) < 4.78 is 1.79. The van der Waals surface area contributed by atoms with Gasteiger partial charge in [-0.15, -0.1) is 0 Å². The Morgan fingerprint density at radius 3 is 2.29 bits per heavy atom. The summed E-state index contributed by atoms with van der Waals surface area (Å²) in [5, 5.41) is 10.9.